The monoisotopic (exact) mass is 346 g/mol. The quantitative estimate of drug-likeness (QED) is 0.419. The number of rotatable bonds is 16. The summed E-state index contributed by atoms with van der Waals surface area (Å²) in [5.41, 5.74) is -0.334. The van der Waals surface area contributed by atoms with Gasteiger partial charge in [0.25, 0.3) is 0 Å². The second kappa shape index (κ2) is 12.7. The van der Waals surface area contributed by atoms with E-state index in [1.54, 1.807) is 0 Å². The fraction of sp³-hybridized carbons (Fsp3) is 0.947. The van der Waals surface area contributed by atoms with E-state index in [9.17, 15) is 4.79 Å². The van der Waals surface area contributed by atoms with Crippen LogP contribution in [0.15, 0.2) is 0 Å². The van der Waals surface area contributed by atoms with E-state index in [0.717, 1.165) is 45.1 Å². The standard InChI is InChI=1S/C19H38O5/c1-6-13-23-19(9-4,10-5)12-15-24-18(7-2,8-3)11-14-22-16-17(20)21/h6-16H2,1-5H3,(H,20,21). The number of hydrogen-bond acceptors (Lipinski definition) is 4. The van der Waals surface area contributed by atoms with Crippen LogP contribution in [0.25, 0.3) is 0 Å². The van der Waals surface area contributed by atoms with Crippen molar-refractivity contribution >= 4 is 5.97 Å². The summed E-state index contributed by atoms with van der Waals surface area (Å²) in [5, 5.41) is 8.64. The van der Waals surface area contributed by atoms with Gasteiger partial charge in [-0.05, 0) is 44.9 Å². The fourth-order valence-corrected chi connectivity index (χ4v) is 2.95. The molecule has 0 aliphatic heterocycles. The molecule has 0 fully saturated rings. The summed E-state index contributed by atoms with van der Waals surface area (Å²) in [5.74, 6) is -0.932. The topological polar surface area (TPSA) is 65.0 Å². The number of aliphatic carboxylic acids is 1. The lowest BCUT2D eigenvalue weighted by Crippen LogP contribution is -2.37. The van der Waals surface area contributed by atoms with Crippen molar-refractivity contribution in [2.24, 2.45) is 0 Å². The molecule has 0 radical (unpaired) electrons. The zero-order chi connectivity index (χ0) is 18.5. The summed E-state index contributed by atoms with van der Waals surface area (Å²) in [6.45, 7) is 12.3. The third-order valence-corrected chi connectivity index (χ3v) is 5.08. The molecule has 0 aromatic carbocycles. The summed E-state index contributed by atoms with van der Waals surface area (Å²) in [6.07, 6.45) is 6.38. The number of carboxylic acids is 1. The summed E-state index contributed by atoms with van der Waals surface area (Å²) < 4.78 is 17.6. The molecule has 0 aromatic heterocycles. The minimum Gasteiger partial charge on any atom is -0.480 e. The molecule has 0 saturated heterocycles. The van der Waals surface area contributed by atoms with Gasteiger partial charge >= 0.3 is 5.97 Å². The normalized spacial score (nSPS) is 12.5. The van der Waals surface area contributed by atoms with Crippen LogP contribution in [0.2, 0.25) is 0 Å². The lowest BCUT2D eigenvalue weighted by Gasteiger charge is -2.36. The first-order chi connectivity index (χ1) is 11.4. The van der Waals surface area contributed by atoms with Crippen molar-refractivity contribution in [1.82, 2.24) is 0 Å². The molecule has 0 bridgehead atoms. The van der Waals surface area contributed by atoms with E-state index >= 15 is 0 Å². The van der Waals surface area contributed by atoms with Gasteiger partial charge in [-0.15, -0.1) is 0 Å². The molecule has 0 saturated carbocycles. The van der Waals surface area contributed by atoms with Gasteiger partial charge in [0.05, 0.1) is 24.4 Å². The first kappa shape index (κ1) is 23.4. The lowest BCUT2D eigenvalue weighted by atomic mass is 9.91. The predicted molar refractivity (Wildman–Crippen MR) is 96.5 cm³/mol. The highest BCUT2D eigenvalue weighted by Crippen LogP contribution is 2.29. The minimum atomic E-state index is -0.932. The van der Waals surface area contributed by atoms with Crippen LogP contribution < -0.4 is 0 Å². The zero-order valence-electron chi connectivity index (χ0n) is 16.4. The van der Waals surface area contributed by atoms with Crippen LogP contribution in [-0.2, 0) is 19.0 Å². The summed E-state index contributed by atoms with van der Waals surface area (Å²) in [6, 6.07) is 0. The Morgan fingerprint density at radius 1 is 0.792 bits per heavy atom. The molecule has 0 rings (SSSR count). The SMILES string of the molecule is CCCOC(CC)(CC)CCOC(CC)(CC)CCOCC(=O)O. The van der Waals surface area contributed by atoms with Crippen LogP contribution in [0.4, 0.5) is 0 Å². The molecule has 0 unspecified atom stereocenters. The van der Waals surface area contributed by atoms with E-state index in [0.29, 0.717) is 19.6 Å². The zero-order valence-corrected chi connectivity index (χ0v) is 16.4. The first-order valence-corrected chi connectivity index (χ1v) is 9.50. The molecule has 0 aliphatic carbocycles. The van der Waals surface area contributed by atoms with E-state index in [2.05, 4.69) is 34.6 Å². The van der Waals surface area contributed by atoms with E-state index in [-0.39, 0.29) is 17.8 Å². The van der Waals surface area contributed by atoms with Crippen LogP contribution >= 0.6 is 0 Å². The van der Waals surface area contributed by atoms with Gasteiger partial charge in [-0.3, -0.25) is 0 Å². The average Bonchev–Trinajstić information content (AvgIpc) is 2.60. The second-order valence-corrected chi connectivity index (χ2v) is 6.42. The largest absolute Gasteiger partial charge is 0.480 e. The van der Waals surface area contributed by atoms with Crippen molar-refractivity contribution in [3.8, 4) is 0 Å². The molecule has 24 heavy (non-hydrogen) atoms. The Balaban J connectivity index is 4.51. The maximum atomic E-state index is 10.5. The Hall–Kier alpha value is -0.650. The molecular formula is C19H38O5. The Kier molecular flexibility index (Phi) is 12.3. The highest BCUT2D eigenvalue weighted by atomic mass is 16.5. The van der Waals surface area contributed by atoms with Gasteiger partial charge < -0.3 is 19.3 Å². The van der Waals surface area contributed by atoms with Gasteiger partial charge in [0.1, 0.15) is 6.61 Å². The molecular weight excluding hydrogens is 308 g/mol. The maximum Gasteiger partial charge on any atom is 0.329 e. The molecule has 0 aliphatic rings. The Labute approximate surface area is 148 Å². The molecule has 1 N–H and O–H groups in total. The molecule has 0 aromatic rings. The molecule has 144 valence electrons. The van der Waals surface area contributed by atoms with Crippen molar-refractivity contribution in [2.75, 3.05) is 26.4 Å². The van der Waals surface area contributed by atoms with E-state index in [1.807, 2.05) is 0 Å². The van der Waals surface area contributed by atoms with Crippen LogP contribution in [0, 0.1) is 0 Å². The van der Waals surface area contributed by atoms with Gasteiger partial charge in [0.2, 0.25) is 0 Å². The van der Waals surface area contributed by atoms with Gasteiger partial charge in [-0.2, -0.15) is 0 Å². The van der Waals surface area contributed by atoms with Gasteiger partial charge in [0.15, 0.2) is 0 Å². The van der Waals surface area contributed by atoms with E-state index in [4.69, 9.17) is 19.3 Å². The Morgan fingerprint density at radius 2 is 1.25 bits per heavy atom. The lowest BCUT2D eigenvalue weighted by molar-refractivity contribution is -0.144. The molecule has 5 heteroatoms. The third-order valence-electron chi connectivity index (χ3n) is 5.08. The summed E-state index contributed by atoms with van der Waals surface area (Å²) in [4.78, 5) is 10.5. The molecule has 0 heterocycles. The Bertz CT molecular complexity index is 322. The number of carboxylic acid groups (broad SMARTS) is 1. The van der Waals surface area contributed by atoms with Crippen molar-refractivity contribution in [3.05, 3.63) is 0 Å². The fourth-order valence-electron chi connectivity index (χ4n) is 2.95. The van der Waals surface area contributed by atoms with Crippen LogP contribution in [0.1, 0.15) is 79.6 Å². The molecule has 0 amide bonds. The van der Waals surface area contributed by atoms with E-state index in [1.165, 1.54) is 0 Å². The van der Waals surface area contributed by atoms with Gasteiger partial charge in [0, 0.05) is 6.61 Å². The smallest absolute Gasteiger partial charge is 0.329 e. The first-order valence-electron chi connectivity index (χ1n) is 9.50. The van der Waals surface area contributed by atoms with Crippen LogP contribution in [0.3, 0.4) is 0 Å². The predicted octanol–water partition coefficient (Wildman–Crippen LogP) is 4.43. The minimum absolute atomic E-state index is 0.0942. The summed E-state index contributed by atoms with van der Waals surface area (Å²) >= 11 is 0. The van der Waals surface area contributed by atoms with Crippen molar-refractivity contribution < 1.29 is 24.1 Å². The summed E-state index contributed by atoms with van der Waals surface area (Å²) in [7, 11) is 0. The van der Waals surface area contributed by atoms with Crippen molar-refractivity contribution in [2.45, 2.75) is 90.8 Å². The van der Waals surface area contributed by atoms with E-state index < -0.39 is 5.97 Å². The van der Waals surface area contributed by atoms with Crippen molar-refractivity contribution in [3.63, 3.8) is 0 Å². The number of carbonyl (C=O) groups is 1. The van der Waals surface area contributed by atoms with Crippen LogP contribution in [0.5, 0.6) is 0 Å². The third kappa shape index (κ3) is 8.45. The molecule has 0 atom stereocenters. The highest BCUT2D eigenvalue weighted by Gasteiger charge is 2.31. The molecule has 0 spiro atoms. The Morgan fingerprint density at radius 3 is 1.67 bits per heavy atom. The van der Waals surface area contributed by atoms with Gasteiger partial charge in [-0.25, -0.2) is 4.79 Å². The maximum absolute atomic E-state index is 10.5. The number of ether oxygens (including phenoxy) is 3. The number of hydrogen-bond donors (Lipinski definition) is 1. The second-order valence-electron chi connectivity index (χ2n) is 6.42. The molecule has 5 nitrogen and oxygen atoms in total. The van der Waals surface area contributed by atoms with Gasteiger partial charge in [-0.1, -0.05) is 34.6 Å². The average molecular weight is 347 g/mol. The highest BCUT2D eigenvalue weighted by molar-refractivity contribution is 5.67. The van der Waals surface area contributed by atoms with Crippen molar-refractivity contribution in [1.29, 1.82) is 0 Å². The van der Waals surface area contributed by atoms with Crippen LogP contribution in [-0.4, -0.2) is 48.7 Å².